The zero-order valence-corrected chi connectivity index (χ0v) is 13.4. The monoisotopic (exact) mass is 321 g/mol. The third kappa shape index (κ3) is 4.09. The molecule has 1 fully saturated rings. The van der Waals surface area contributed by atoms with Gasteiger partial charge in [-0.1, -0.05) is 18.2 Å². The van der Waals surface area contributed by atoms with Gasteiger partial charge in [0.1, 0.15) is 11.8 Å². The van der Waals surface area contributed by atoms with Gasteiger partial charge in [0.25, 0.3) is 0 Å². The first-order valence-electron chi connectivity index (χ1n) is 7.93. The Balaban J connectivity index is 1.48. The van der Waals surface area contributed by atoms with Crippen LogP contribution in [0.3, 0.4) is 0 Å². The maximum absolute atomic E-state index is 12.1. The largest absolute Gasteiger partial charge is 0.368 e. The number of amides is 1. The number of hydrogen-bond acceptors (Lipinski definition) is 5. The highest BCUT2D eigenvalue weighted by Gasteiger charge is 2.19. The fourth-order valence-electron chi connectivity index (χ4n) is 2.73. The first-order chi connectivity index (χ1) is 11.7. The summed E-state index contributed by atoms with van der Waals surface area (Å²) >= 11 is 0. The predicted octanol–water partition coefficient (Wildman–Crippen LogP) is 1.71. The van der Waals surface area contributed by atoms with Crippen molar-refractivity contribution >= 4 is 17.3 Å². The van der Waals surface area contributed by atoms with E-state index >= 15 is 0 Å². The number of hydrogen-bond donors (Lipinski definition) is 1. The van der Waals surface area contributed by atoms with Crippen LogP contribution in [0.4, 0.5) is 11.4 Å². The first kappa shape index (κ1) is 16.0. The Hall–Kier alpha value is -2.91. The molecule has 6 heteroatoms. The minimum absolute atomic E-state index is 0.00897. The Labute approximate surface area is 141 Å². The number of anilines is 2. The van der Waals surface area contributed by atoms with Gasteiger partial charge < -0.3 is 10.2 Å². The maximum atomic E-state index is 12.1. The molecule has 1 amide bonds. The molecule has 0 atom stereocenters. The van der Waals surface area contributed by atoms with Crippen molar-refractivity contribution in [3.63, 3.8) is 0 Å². The molecule has 1 saturated heterocycles. The summed E-state index contributed by atoms with van der Waals surface area (Å²) in [6, 6.07) is 15.2. The lowest BCUT2D eigenvalue weighted by molar-refractivity contribution is -0.117. The average Bonchev–Trinajstić information content (AvgIpc) is 2.63. The van der Waals surface area contributed by atoms with Crippen molar-refractivity contribution in [3.05, 3.63) is 54.4 Å². The topological polar surface area (TPSA) is 72.3 Å². The molecule has 2 heterocycles. The standard InChI is InChI=1S/C18H19N5O/c19-12-16-6-7-17(13-20-16)23-10-8-22(9-11-23)14-18(24)21-15-4-2-1-3-5-15/h1-7,13H,8-11,14H2,(H,21,24). The van der Waals surface area contributed by atoms with Crippen molar-refractivity contribution < 1.29 is 4.79 Å². The van der Waals surface area contributed by atoms with Crippen LogP contribution in [-0.2, 0) is 4.79 Å². The van der Waals surface area contributed by atoms with Crippen molar-refractivity contribution in [2.24, 2.45) is 0 Å². The highest BCUT2D eigenvalue weighted by Crippen LogP contribution is 2.15. The van der Waals surface area contributed by atoms with Gasteiger partial charge in [0.05, 0.1) is 18.4 Å². The molecule has 1 aliphatic rings. The number of nitrogens with one attached hydrogen (secondary N) is 1. The summed E-state index contributed by atoms with van der Waals surface area (Å²) in [5.41, 5.74) is 2.27. The van der Waals surface area contributed by atoms with Crippen LogP contribution in [0.1, 0.15) is 5.69 Å². The van der Waals surface area contributed by atoms with E-state index in [9.17, 15) is 4.79 Å². The Kier molecular flexibility index (Phi) is 5.04. The van der Waals surface area contributed by atoms with Crippen LogP contribution in [0.15, 0.2) is 48.7 Å². The maximum Gasteiger partial charge on any atom is 0.238 e. The minimum Gasteiger partial charge on any atom is -0.368 e. The summed E-state index contributed by atoms with van der Waals surface area (Å²) in [4.78, 5) is 20.6. The first-order valence-corrected chi connectivity index (χ1v) is 7.93. The van der Waals surface area contributed by atoms with Gasteiger partial charge in [0, 0.05) is 31.9 Å². The number of pyridine rings is 1. The summed E-state index contributed by atoms with van der Waals surface area (Å²) < 4.78 is 0. The molecule has 3 rings (SSSR count). The molecular formula is C18H19N5O. The van der Waals surface area contributed by atoms with Gasteiger partial charge >= 0.3 is 0 Å². The lowest BCUT2D eigenvalue weighted by Gasteiger charge is -2.35. The van der Waals surface area contributed by atoms with E-state index in [1.807, 2.05) is 42.5 Å². The SMILES string of the molecule is N#Cc1ccc(N2CCN(CC(=O)Nc3ccccc3)CC2)cn1. The zero-order valence-electron chi connectivity index (χ0n) is 13.4. The molecule has 6 nitrogen and oxygen atoms in total. The van der Waals surface area contributed by atoms with Crippen LogP contribution in [0.2, 0.25) is 0 Å². The third-order valence-electron chi connectivity index (χ3n) is 4.02. The highest BCUT2D eigenvalue weighted by molar-refractivity contribution is 5.92. The summed E-state index contributed by atoms with van der Waals surface area (Å²) in [5, 5.41) is 11.7. The van der Waals surface area contributed by atoms with Gasteiger partial charge in [-0.3, -0.25) is 9.69 Å². The van der Waals surface area contributed by atoms with E-state index in [2.05, 4.69) is 20.1 Å². The number of para-hydroxylation sites is 1. The van der Waals surface area contributed by atoms with Gasteiger partial charge in [0.2, 0.25) is 5.91 Å². The Bertz CT molecular complexity index is 715. The second-order valence-corrected chi connectivity index (χ2v) is 5.69. The number of nitrogens with zero attached hydrogens (tertiary/aromatic N) is 4. The second kappa shape index (κ2) is 7.57. The Morgan fingerprint density at radius 1 is 1.12 bits per heavy atom. The number of nitriles is 1. The van der Waals surface area contributed by atoms with Crippen LogP contribution in [0.5, 0.6) is 0 Å². The molecule has 0 aliphatic carbocycles. The summed E-state index contributed by atoms with van der Waals surface area (Å²) in [6.45, 7) is 3.72. The van der Waals surface area contributed by atoms with Crippen LogP contribution in [-0.4, -0.2) is 48.5 Å². The molecule has 1 aromatic heterocycles. The van der Waals surface area contributed by atoms with E-state index < -0.39 is 0 Å². The molecular weight excluding hydrogens is 302 g/mol. The fraction of sp³-hybridized carbons (Fsp3) is 0.278. The number of benzene rings is 1. The second-order valence-electron chi connectivity index (χ2n) is 5.69. The van der Waals surface area contributed by atoms with E-state index in [0.29, 0.717) is 12.2 Å². The van der Waals surface area contributed by atoms with Crippen LogP contribution in [0.25, 0.3) is 0 Å². The van der Waals surface area contributed by atoms with E-state index in [4.69, 9.17) is 5.26 Å². The summed E-state index contributed by atoms with van der Waals surface area (Å²) in [6.07, 6.45) is 1.73. The molecule has 1 aromatic carbocycles. The molecule has 0 spiro atoms. The molecule has 0 radical (unpaired) electrons. The van der Waals surface area contributed by atoms with Gasteiger partial charge in [-0.05, 0) is 24.3 Å². The highest BCUT2D eigenvalue weighted by atomic mass is 16.2. The molecule has 0 saturated carbocycles. The molecule has 0 bridgehead atoms. The van der Waals surface area contributed by atoms with Gasteiger partial charge in [-0.2, -0.15) is 5.26 Å². The number of piperazine rings is 1. The van der Waals surface area contributed by atoms with Crippen LogP contribution >= 0.6 is 0 Å². The molecule has 122 valence electrons. The molecule has 2 aromatic rings. The van der Waals surface area contributed by atoms with E-state index in [1.165, 1.54) is 0 Å². The number of rotatable bonds is 4. The molecule has 0 unspecified atom stereocenters. The zero-order chi connectivity index (χ0) is 16.8. The van der Waals surface area contributed by atoms with Gasteiger partial charge in [-0.25, -0.2) is 4.98 Å². The lowest BCUT2D eigenvalue weighted by Crippen LogP contribution is -2.48. The molecule has 1 N–H and O–H groups in total. The van der Waals surface area contributed by atoms with E-state index in [0.717, 1.165) is 37.6 Å². The predicted molar refractivity (Wildman–Crippen MR) is 92.7 cm³/mol. The Morgan fingerprint density at radius 3 is 2.50 bits per heavy atom. The van der Waals surface area contributed by atoms with E-state index in [-0.39, 0.29) is 5.91 Å². The van der Waals surface area contributed by atoms with Crippen molar-refractivity contribution in [1.29, 1.82) is 5.26 Å². The normalized spacial score (nSPS) is 14.9. The van der Waals surface area contributed by atoms with Gasteiger partial charge in [0.15, 0.2) is 0 Å². The number of aromatic nitrogens is 1. The molecule has 24 heavy (non-hydrogen) atoms. The van der Waals surface area contributed by atoms with Crippen LogP contribution < -0.4 is 10.2 Å². The smallest absolute Gasteiger partial charge is 0.238 e. The number of carbonyl (C=O) groups is 1. The van der Waals surface area contributed by atoms with Gasteiger partial charge in [-0.15, -0.1) is 0 Å². The van der Waals surface area contributed by atoms with Crippen molar-refractivity contribution in [1.82, 2.24) is 9.88 Å². The van der Waals surface area contributed by atoms with Crippen molar-refractivity contribution in [2.45, 2.75) is 0 Å². The average molecular weight is 321 g/mol. The quantitative estimate of drug-likeness (QED) is 0.928. The Morgan fingerprint density at radius 2 is 1.88 bits per heavy atom. The fourth-order valence-corrected chi connectivity index (χ4v) is 2.73. The number of carbonyl (C=O) groups excluding carboxylic acids is 1. The lowest BCUT2D eigenvalue weighted by atomic mass is 10.2. The van der Waals surface area contributed by atoms with Crippen molar-refractivity contribution in [3.8, 4) is 6.07 Å². The summed E-state index contributed by atoms with van der Waals surface area (Å²) in [5.74, 6) is 0.00897. The summed E-state index contributed by atoms with van der Waals surface area (Å²) in [7, 11) is 0. The third-order valence-corrected chi connectivity index (χ3v) is 4.02. The van der Waals surface area contributed by atoms with Crippen molar-refractivity contribution in [2.75, 3.05) is 42.9 Å². The minimum atomic E-state index is 0.00897. The van der Waals surface area contributed by atoms with E-state index in [1.54, 1.807) is 12.3 Å². The molecule has 1 aliphatic heterocycles. The van der Waals surface area contributed by atoms with Crippen LogP contribution in [0, 0.1) is 11.3 Å².